The van der Waals surface area contributed by atoms with Gasteiger partial charge in [-0.15, -0.1) is 0 Å². The number of carbonyl (C=O) groups is 1. The van der Waals surface area contributed by atoms with Crippen molar-refractivity contribution >= 4 is 61.6 Å². The van der Waals surface area contributed by atoms with Crippen LogP contribution in [-0.4, -0.2) is 48.5 Å². The molecule has 1 aliphatic rings. The molecule has 1 atom stereocenters. The molecule has 0 radical (unpaired) electrons. The zero-order valence-electron chi connectivity index (χ0n) is 7.18. The fourth-order valence-corrected chi connectivity index (χ4v) is 2.47. The Morgan fingerprint density at radius 2 is 1.88 bits per heavy atom. The third-order valence-corrected chi connectivity index (χ3v) is 4.81. The van der Waals surface area contributed by atoms with Gasteiger partial charge in [0, 0.05) is 5.56 Å². The number of hydrogen-bond acceptors (Lipinski definition) is 4. The van der Waals surface area contributed by atoms with E-state index in [9.17, 15) is 13.2 Å². The molecule has 2 rings (SSSR count). The summed E-state index contributed by atoms with van der Waals surface area (Å²) >= 11 is 2.72. The molecule has 1 heterocycles. The second-order valence-corrected chi connectivity index (χ2v) is 6.11. The van der Waals surface area contributed by atoms with E-state index in [0.29, 0.717) is 0 Å². The molecular formula is C8H6BrNaO5S. The molecule has 1 aromatic rings. The van der Waals surface area contributed by atoms with Crippen LogP contribution in [-0.2, 0) is 18.7 Å². The van der Waals surface area contributed by atoms with Crippen LogP contribution >= 0.6 is 15.9 Å². The number of alkyl halides is 1. The summed E-state index contributed by atoms with van der Waals surface area (Å²) in [5.41, 5.74) is 0.199. The van der Waals surface area contributed by atoms with E-state index in [2.05, 4.69) is 20.7 Å². The first-order chi connectivity index (χ1) is 6.86. The first kappa shape index (κ1) is 14.1. The van der Waals surface area contributed by atoms with E-state index < -0.39 is 19.9 Å². The van der Waals surface area contributed by atoms with Crippen molar-refractivity contribution in [3.05, 3.63) is 35.4 Å². The summed E-state index contributed by atoms with van der Waals surface area (Å²) in [7, 11) is -4.57. The van der Waals surface area contributed by atoms with Gasteiger partial charge in [-0.3, -0.25) is 4.55 Å². The van der Waals surface area contributed by atoms with Crippen LogP contribution in [0, 0.1) is 0 Å². The van der Waals surface area contributed by atoms with Gasteiger partial charge in [0.1, 0.15) is 0 Å². The summed E-state index contributed by atoms with van der Waals surface area (Å²) in [5.74, 6) is -0.792. The van der Waals surface area contributed by atoms with Crippen molar-refractivity contribution in [1.29, 1.82) is 0 Å². The van der Waals surface area contributed by atoms with Gasteiger partial charge in [0.05, 0.1) is 5.56 Å². The van der Waals surface area contributed by atoms with E-state index in [0.717, 1.165) is 0 Å². The van der Waals surface area contributed by atoms with Crippen LogP contribution in [0.25, 0.3) is 0 Å². The van der Waals surface area contributed by atoms with Crippen LogP contribution < -0.4 is 0 Å². The van der Waals surface area contributed by atoms with Crippen LogP contribution in [0.4, 0.5) is 0 Å². The second kappa shape index (κ2) is 4.40. The summed E-state index contributed by atoms with van der Waals surface area (Å²) in [4.78, 5) is 11.3. The normalized spacial score (nSPS) is 23.2. The monoisotopic (exact) mass is 316 g/mol. The maximum atomic E-state index is 11.3. The molecule has 82 valence electrons. The number of benzene rings is 1. The molecule has 0 aromatic heterocycles. The quantitative estimate of drug-likeness (QED) is 0.355. The van der Waals surface area contributed by atoms with Gasteiger partial charge < -0.3 is 4.74 Å². The number of esters is 1. The van der Waals surface area contributed by atoms with Gasteiger partial charge in [-0.1, -0.05) is 18.2 Å². The van der Waals surface area contributed by atoms with Crippen molar-refractivity contribution in [3.63, 3.8) is 0 Å². The zero-order valence-corrected chi connectivity index (χ0v) is 9.58. The minimum absolute atomic E-state index is 0. The third-order valence-electron chi connectivity index (χ3n) is 2.02. The van der Waals surface area contributed by atoms with Crippen molar-refractivity contribution < 1.29 is 22.5 Å². The van der Waals surface area contributed by atoms with E-state index in [1.54, 1.807) is 12.1 Å². The van der Waals surface area contributed by atoms with Gasteiger partial charge in [-0.25, -0.2) is 4.79 Å². The number of halogens is 1. The Morgan fingerprint density at radius 1 is 1.31 bits per heavy atom. The first-order valence-corrected chi connectivity index (χ1v) is 6.08. The van der Waals surface area contributed by atoms with Crippen LogP contribution in [0.2, 0.25) is 0 Å². The van der Waals surface area contributed by atoms with Gasteiger partial charge in [0.15, 0.2) is 0 Å². The van der Waals surface area contributed by atoms with Crippen molar-refractivity contribution in [3.8, 4) is 0 Å². The number of carbonyl (C=O) groups excluding carboxylic acids is 1. The number of ether oxygens (including phenoxy) is 1. The topological polar surface area (TPSA) is 80.7 Å². The van der Waals surface area contributed by atoms with E-state index >= 15 is 0 Å². The average Bonchev–Trinajstić information content (AvgIpc) is 2.41. The molecule has 1 aliphatic heterocycles. The molecule has 0 saturated heterocycles. The van der Waals surface area contributed by atoms with Crippen LogP contribution in [0.15, 0.2) is 24.3 Å². The predicted octanol–water partition coefficient (Wildman–Crippen LogP) is 0.601. The number of fused-ring (bicyclic) bond motifs is 1. The molecule has 0 aliphatic carbocycles. The van der Waals surface area contributed by atoms with Crippen molar-refractivity contribution in [1.82, 2.24) is 0 Å². The van der Waals surface area contributed by atoms with E-state index in [-0.39, 0.29) is 40.7 Å². The molecular weight excluding hydrogens is 311 g/mol. The Hall–Kier alpha value is 0.0800. The molecule has 1 unspecified atom stereocenters. The Balaban J connectivity index is 0.00000128. The number of cyclic esters (lactones) is 1. The standard InChI is InChI=1S/C8H5BrO5S.Na.H/c9-8(15(11,12)13)6-4-2-1-3-5(6)7(10)14-8;;/h1-4H,(H,11,12,13);;. The molecule has 1 N–H and O–H groups in total. The summed E-state index contributed by atoms with van der Waals surface area (Å²) in [6.07, 6.45) is 0. The van der Waals surface area contributed by atoms with Crippen molar-refractivity contribution in [2.24, 2.45) is 0 Å². The van der Waals surface area contributed by atoms with Crippen LogP contribution in [0.1, 0.15) is 15.9 Å². The van der Waals surface area contributed by atoms with E-state index in [4.69, 9.17) is 4.55 Å². The second-order valence-electron chi connectivity index (χ2n) is 2.95. The molecule has 0 amide bonds. The third kappa shape index (κ3) is 1.96. The van der Waals surface area contributed by atoms with Gasteiger partial charge in [0.25, 0.3) is 0 Å². The Morgan fingerprint density at radius 3 is 2.44 bits per heavy atom. The van der Waals surface area contributed by atoms with Crippen LogP contribution in [0.3, 0.4) is 0 Å². The first-order valence-electron chi connectivity index (χ1n) is 3.85. The molecule has 0 spiro atoms. The van der Waals surface area contributed by atoms with Gasteiger partial charge in [-0.05, 0) is 22.0 Å². The molecule has 5 nitrogen and oxygen atoms in total. The molecule has 16 heavy (non-hydrogen) atoms. The summed E-state index contributed by atoms with van der Waals surface area (Å²) in [6.45, 7) is 0. The molecule has 0 fully saturated rings. The average molecular weight is 317 g/mol. The van der Waals surface area contributed by atoms with E-state index in [1.165, 1.54) is 12.1 Å². The van der Waals surface area contributed by atoms with Crippen molar-refractivity contribution in [2.45, 2.75) is 3.84 Å². The fourth-order valence-electron chi connectivity index (χ4n) is 1.34. The maximum absolute atomic E-state index is 11.3. The summed E-state index contributed by atoms with van der Waals surface area (Å²) in [6, 6.07) is 5.93. The fraction of sp³-hybridized carbons (Fsp3) is 0.125. The zero-order chi connectivity index (χ0) is 11.3. The van der Waals surface area contributed by atoms with Gasteiger partial charge in [-0.2, -0.15) is 8.42 Å². The number of rotatable bonds is 1. The SMILES string of the molecule is O=C1OC(Br)(S(=O)(=O)O)c2ccccc21.[NaH]. The van der Waals surface area contributed by atoms with Gasteiger partial charge in [0.2, 0.25) is 0 Å². The number of hydrogen-bond donors (Lipinski definition) is 1. The minimum atomic E-state index is -4.57. The van der Waals surface area contributed by atoms with E-state index in [1.807, 2.05) is 0 Å². The molecule has 0 saturated carbocycles. The summed E-state index contributed by atoms with van der Waals surface area (Å²) in [5, 5.41) is 0. The molecule has 8 heteroatoms. The Bertz CT molecular complexity index is 543. The van der Waals surface area contributed by atoms with Crippen LogP contribution in [0.5, 0.6) is 0 Å². The Kier molecular flexibility index (Phi) is 3.88. The molecule has 1 aromatic carbocycles. The predicted molar refractivity (Wildman–Crippen MR) is 61.2 cm³/mol. The van der Waals surface area contributed by atoms with Gasteiger partial charge >= 0.3 is 49.5 Å². The Labute approximate surface area is 122 Å². The summed E-state index contributed by atoms with van der Waals surface area (Å²) < 4.78 is 33.6. The molecule has 0 bridgehead atoms. The van der Waals surface area contributed by atoms with Crippen molar-refractivity contribution in [2.75, 3.05) is 0 Å².